The first kappa shape index (κ1) is 10.0. The van der Waals surface area contributed by atoms with Crippen molar-refractivity contribution in [3.8, 4) is 0 Å². The minimum absolute atomic E-state index is 1.16. The van der Waals surface area contributed by atoms with Crippen molar-refractivity contribution in [3.05, 3.63) is 42.0 Å². The van der Waals surface area contributed by atoms with E-state index in [1.54, 1.807) is 0 Å². The lowest BCUT2D eigenvalue weighted by atomic mass is 10.0. The van der Waals surface area contributed by atoms with Gasteiger partial charge in [0, 0.05) is 0 Å². The standard InChI is InChI=1S/C13H17/c1-3-5-6-10-13-11-8-7-9-12(13)4-2/h4,7-8,11H,2-3,5-6,10H2,1H3. The molecule has 0 fully saturated rings. The summed E-state index contributed by atoms with van der Waals surface area (Å²) in [6.07, 6.45) is 6.91. The molecule has 0 unspecified atom stereocenters. The number of aryl methyl sites for hydroxylation is 1. The predicted octanol–water partition coefficient (Wildman–Crippen LogP) is 3.86. The summed E-state index contributed by atoms with van der Waals surface area (Å²) in [4.78, 5) is 0. The zero-order chi connectivity index (χ0) is 9.52. The third-order valence-electron chi connectivity index (χ3n) is 2.23. The van der Waals surface area contributed by atoms with E-state index in [9.17, 15) is 0 Å². The highest BCUT2D eigenvalue weighted by Crippen LogP contribution is 2.12. The fourth-order valence-corrected chi connectivity index (χ4v) is 1.46. The van der Waals surface area contributed by atoms with Crippen LogP contribution in [0.5, 0.6) is 0 Å². The van der Waals surface area contributed by atoms with E-state index in [-0.39, 0.29) is 0 Å². The van der Waals surface area contributed by atoms with Gasteiger partial charge in [-0.1, -0.05) is 50.6 Å². The zero-order valence-electron chi connectivity index (χ0n) is 8.34. The van der Waals surface area contributed by atoms with Crippen molar-refractivity contribution in [1.82, 2.24) is 0 Å². The quantitative estimate of drug-likeness (QED) is 0.593. The molecule has 0 nitrogen and oxygen atoms in total. The second-order valence-corrected chi connectivity index (χ2v) is 3.27. The highest BCUT2D eigenvalue weighted by Gasteiger charge is 1.97. The summed E-state index contributed by atoms with van der Waals surface area (Å²) in [6, 6.07) is 9.36. The van der Waals surface area contributed by atoms with E-state index in [1.165, 1.54) is 30.4 Å². The summed E-state index contributed by atoms with van der Waals surface area (Å²) >= 11 is 0. The van der Waals surface area contributed by atoms with E-state index in [2.05, 4.69) is 25.6 Å². The average Bonchev–Trinajstić information content (AvgIpc) is 2.19. The van der Waals surface area contributed by atoms with Crippen molar-refractivity contribution in [2.24, 2.45) is 0 Å². The van der Waals surface area contributed by atoms with Crippen LogP contribution in [-0.4, -0.2) is 0 Å². The molecule has 0 bridgehead atoms. The van der Waals surface area contributed by atoms with Gasteiger partial charge in [-0.2, -0.15) is 0 Å². The third kappa shape index (κ3) is 3.06. The lowest BCUT2D eigenvalue weighted by molar-refractivity contribution is 0.717. The van der Waals surface area contributed by atoms with Crippen molar-refractivity contribution in [2.45, 2.75) is 32.6 Å². The van der Waals surface area contributed by atoms with Crippen LogP contribution in [0.2, 0.25) is 0 Å². The van der Waals surface area contributed by atoms with Gasteiger partial charge in [-0.05, 0) is 30.0 Å². The Bertz CT molecular complexity index is 260. The lowest BCUT2D eigenvalue weighted by Crippen LogP contribution is -1.89. The SMILES string of the molecule is C=Cc1[c]cccc1CCCCC. The molecule has 13 heavy (non-hydrogen) atoms. The molecular formula is C13H17. The molecular weight excluding hydrogens is 156 g/mol. The Morgan fingerprint density at radius 2 is 2.31 bits per heavy atom. The maximum absolute atomic E-state index is 3.79. The molecule has 0 amide bonds. The number of hydrogen-bond acceptors (Lipinski definition) is 0. The second kappa shape index (κ2) is 5.58. The highest BCUT2D eigenvalue weighted by atomic mass is 14.0. The van der Waals surface area contributed by atoms with E-state index in [4.69, 9.17) is 0 Å². The molecule has 0 aliphatic carbocycles. The van der Waals surface area contributed by atoms with Gasteiger partial charge in [0.15, 0.2) is 0 Å². The van der Waals surface area contributed by atoms with Gasteiger partial charge in [-0.25, -0.2) is 0 Å². The molecule has 1 aromatic rings. The molecule has 0 heterocycles. The Kier molecular flexibility index (Phi) is 4.31. The number of hydrogen-bond donors (Lipinski definition) is 0. The van der Waals surface area contributed by atoms with Crippen molar-refractivity contribution in [2.75, 3.05) is 0 Å². The molecule has 1 radical (unpaired) electrons. The first-order valence-corrected chi connectivity index (χ1v) is 5.00. The smallest absolute Gasteiger partial charge is 0.0103 e. The van der Waals surface area contributed by atoms with Gasteiger partial charge in [0.25, 0.3) is 0 Å². The monoisotopic (exact) mass is 173 g/mol. The Hall–Kier alpha value is -1.04. The average molecular weight is 173 g/mol. The Balaban J connectivity index is 2.59. The van der Waals surface area contributed by atoms with Gasteiger partial charge in [0.05, 0.1) is 0 Å². The van der Waals surface area contributed by atoms with Crippen LogP contribution in [0.1, 0.15) is 37.3 Å². The molecule has 0 N–H and O–H groups in total. The first-order valence-electron chi connectivity index (χ1n) is 5.00. The molecule has 1 aromatic carbocycles. The van der Waals surface area contributed by atoms with Crippen molar-refractivity contribution in [3.63, 3.8) is 0 Å². The zero-order valence-corrected chi connectivity index (χ0v) is 8.34. The maximum atomic E-state index is 3.79. The molecule has 0 heteroatoms. The van der Waals surface area contributed by atoms with E-state index in [1.807, 2.05) is 18.2 Å². The van der Waals surface area contributed by atoms with Crippen molar-refractivity contribution >= 4 is 6.08 Å². The van der Waals surface area contributed by atoms with Gasteiger partial charge in [0.2, 0.25) is 0 Å². The van der Waals surface area contributed by atoms with Gasteiger partial charge in [-0.3, -0.25) is 0 Å². The molecule has 0 spiro atoms. The molecule has 0 aromatic heterocycles. The van der Waals surface area contributed by atoms with Gasteiger partial charge in [0.1, 0.15) is 0 Å². The van der Waals surface area contributed by atoms with Crippen LogP contribution in [0.15, 0.2) is 24.8 Å². The van der Waals surface area contributed by atoms with Gasteiger partial charge >= 0.3 is 0 Å². The highest BCUT2D eigenvalue weighted by molar-refractivity contribution is 5.50. The summed E-state index contributed by atoms with van der Waals surface area (Å²) in [5, 5.41) is 0. The minimum atomic E-state index is 1.16. The van der Waals surface area contributed by atoms with Gasteiger partial charge < -0.3 is 0 Å². The molecule has 0 aliphatic heterocycles. The van der Waals surface area contributed by atoms with Crippen LogP contribution in [0.4, 0.5) is 0 Å². The van der Waals surface area contributed by atoms with E-state index < -0.39 is 0 Å². The molecule has 0 aliphatic rings. The minimum Gasteiger partial charge on any atom is -0.0984 e. The first-order chi connectivity index (χ1) is 6.38. The van der Waals surface area contributed by atoms with Crippen LogP contribution in [0.25, 0.3) is 6.08 Å². The van der Waals surface area contributed by atoms with Crippen LogP contribution >= 0.6 is 0 Å². The topological polar surface area (TPSA) is 0 Å². The van der Waals surface area contributed by atoms with Crippen LogP contribution in [0, 0.1) is 6.07 Å². The molecule has 0 saturated carbocycles. The van der Waals surface area contributed by atoms with E-state index in [0.717, 1.165) is 6.42 Å². The summed E-state index contributed by atoms with van der Waals surface area (Å²) in [5.74, 6) is 0. The molecule has 69 valence electrons. The van der Waals surface area contributed by atoms with E-state index >= 15 is 0 Å². The van der Waals surface area contributed by atoms with Crippen LogP contribution in [0.3, 0.4) is 0 Å². The lowest BCUT2D eigenvalue weighted by Gasteiger charge is -2.03. The number of rotatable bonds is 5. The van der Waals surface area contributed by atoms with Crippen LogP contribution in [-0.2, 0) is 6.42 Å². The fraction of sp³-hybridized carbons (Fsp3) is 0.385. The molecule has 0 atom stereocenters. The maximum Gasteiger partial charge on any atom is -0.0103 e. The van der Waals surface area contributed by atoms with Crippen molar-refractivity contribution < 1.29 is 0 Å². The molecule has 0 saturated heterocycles. The Labute approximate surface area is 81.3 Å². The summed E-state index contributed by atoms with van der Waals surface area (Å²) in [7, 11) is 0. The predicted molar refractivity (Wildman–Crippen MR) is 58.6 cm³/mol. The molecule has 1 rings (SSSR count). The normalized spacial score (nSPS) is 9.92. The summed E-state index contributed by atoms with van der Waals surface area (Å²) in [6.45, 7) is 6.02. The number of benzene rings is 1. The fourth-order valence-electron chi connectivity index (χ4n) is 1.46. The largest absolute Gasteiger partial charge is 0.0984 e. The summed E-state index contributed by atoms with van der Waals surface area (Å²) in [5.41, 5.74) is 2.55. The second-order valence-electron chi connectivity index (χ2n) is 3.27. The van der Waals surface area contributed by atoms with Crippen LogP contribution < -0.4 is 0 Å². The summed E-state index contributed by atoms with van der Waals surface area (Å²) < 4.78 is 0. The number of unbranched alkanes of at least 4 members (excludes halogenated alkanes) is 2. The van der Waals surface area contributed by atoms with E-state index in [0.29, 0.717) is 0 Å². The third-order valence-corrected chi connectivity index (χ3v) is 2.23. The Morgan fingerprint density at radius 3 is 3.00 bits per heavy atom. The Morgan fingerprint density at radius 1 is 1.46 bits per heavy atom. The van der Waals surface area contributed by atoms with Crippen molar-refractivity contribution in [1.29, 1.82) is 0 Å². The van der Waals surface area contributed by atoms with Gasteiger partial charge in [-0.15, -0.1) is 0 Å².